The maximum absolute atomic E-state index is 12.9. The molecule has 0 aliphatic carbocycles. The highest BCUT2D eigenvalue weighted by Crippen LogP contribution is 2.25. The molecule has 1 N–H and O–H groups in total. The summed E-state index contributed by atoms with van der Waals surface area (Å²) < 4.78 is 30.0. The Hall–Kier alpha value is -3.33. The average Bonchev–Trinajstić information content (AvgIpc) is 3.15. The Morgan fingerprint density at radius 2 is 1.93 bits per heavy atom. The summed E-state index contributed by atoms with van der Waals surface area (Å²) >= 11 is 0. The van der Waals surface area contributed by atoms with E-state index < -0.39 is 10.0 Å². The lowest BCUT2D eigenvalue weighted by Crippen LogP contribution is -2.14. The van der Waals surface area contributed by atoms with Gasteiger partial charge in [-0.2, -0.15) is 0 Å². The lowest BCUT2D eigenvalue weighted by Gasteiger charge is -2.12. The molecule has 4 aromatic rings. The lowest BCUT2D eigenvalue weighted by atomic mass is 10.2. The molecule has 0 saturated heterocycles. The summed E-state index contributed by atoms with van der Waals surface area (Å²) in [5, 5.41) is 11.9. The molecular weight excluding hydrogens is 364 g/mol. The van der Waals surface area contributed by atoms with E-state index in [-0.39, 0.29) is 4.90 Å². The zero-order chi connectivity index (χ0) is 19.0. The van der Waals surface area contributed by atoms with Gasteiger partial charge >= 0.3 is 0 Å². The van der Waals surface area contributed by atoms with Gasteiger partial charge in [0.25, 0.3) is 10.0 Å². The fraction of sp³-hybridized carbons (Fsp3) is 0.111. The number of para-hydroxylation sites is 1. The van der Waals surface area contributed by atoms with Gasteiger partial charge < -0.3 is 0 Å². The summed E-state index contributed by atoms with van der Waals surface area (Å²) in [5.41, 5.74) is 3.46. The van der Waals surface area contributed by atoms with E-state index >= 15 is 0 Å². The highest BCUT2D eigenvalue weighted by molar-refractivity contribution is 7.93. The minimum atomic E-state index is -3.80. The van der Waals surface area contributed by atoms with Gasteiger partial charge in [-0.3, -0.25) is 9.71 Å². The molecule has 0 fully saturated rings. The molecule has 2 aromatic heterocycles. The number of aryl methyl sites for hydroxylation is 2. The Kier molecular flexibility index (Phi) is 4.08. The van der Waals surface area contributed by atoms with Crippen LogP contribution in [0.5, 0.6) is 0 Å². The predicted octanol–water partition coefficient (Wildman–Crippen LogP) is 2.63. The number of fused-ring (bicyclic) bond motifs is 1. The monoisotopic (exact) mass is 380 g/mol. The van der Waals surface area contributed by atoms with E-state index in [9.17, 15) is 8.42 Å². The van der Waals surface area contributed by atoms with Crippen molar-refractivity contribution in [2.45, 2.75) is 18.7 Å². The third kappa shape index (κ3) is 3.24. The number of sulfonamides is 1. The van der Waals surface area contributed by atoms with Crippen LogP contribution < -0.4 is 4.72 Å². The second kappa shape index (κ2) is 6.44. The molecule has 136 valence electrons. The van der Waals surface area contributed by atoms with Crippen LogP contribution >= 0.6 is 0 Å². The van der Waals surface area contributed by atoms with Gasteiger partial charge in [-0.05, 0) is 65.7 Å². The fourth-order valence-electron chi connectivity index (χ4n) is 2.92. The zero-order valence-electron chi connectivity index (χ0n) is 14.7. The van der Waals surface area contributed by atoms with E-state index in [0.29, 0.717) is 11.2 Å². The van der Waals surface area contributed by atoms with Crippen molar-refractivity contribution in [1.82, 2.24) is 25.2 Å². The van der Waals surface area contributed by atoms with Crippen LogP contribution in [0, 0.1) is 13.8 Å². The smallest absolute Gasteiger partial charge is 0.264 e. The van der Waals surface area contributed by atoms with Gasteiger partial charge in [0.1, 0.15) is 11.2 Å². The lowest BCUT2D eigenvalue weighted by molar-refractivity contribution is 0.602. The second-order valence-corrected chi connectivity index (χ2v) is 7.85. The Bertz CT molecular complexity index is 1240. The van der Waals surface area contributed by atoms with E-state index in [0.717, 1.165) is 22.2 Å². The number of nitrogens with zero attached hydrogens (tertiary/aromatic N) is 5. The summed E-state index contributed by atoms with van der Waals surface area (Å²) in [6, 6.07) is 12.2. The van der Waals surface area contributed by atoms with E-state index in [2.05, 4.69) is 25.2 Å². The Balaban J connectivity index is 1.71. The SMILES string of the molecule is Cc1cnc2c(S(=O)(=O)Nc3ccc(-n4cnnn4)c(C)c3)cccc2c1. The van der Waals surface area contributed by atoms with Crippen LogP contribution in [0.1, 0.15) is 11.1 Å². The zero-order valence-corrected chi connectivity index (χ0v) is 15.5. The highest BCUT2D eigenvalue weighted by atomic mass is 32.2. The Morgan fingerprint density at radius 1 is 1.07 bits per heavy atom. The first-order valence-electron chi connectivity index (χ1n) is 8.16. The molecule has 0 unspecified atom stereocenters. The van der Waals surface area contributed by atoms with E-state index in [1.165, 1.54) is 11.0 Å². The molecule has 0 saturated carbocycles. The molecule has 0 spiro atoms. The molecule has 4 rings (SSSR count). The number of benzene rings is 2. The van der Waals surface area contributed by atoms with Crippen molar-refractivity contribution in [1.29, 1.82) is 0 Å². The maximum atomic E-state index is 12.9. The summed E-state index contributed by atoms with van der Waals surface area (Å²) in [6.07, 6.45) is 3.14. The number of pyridine rings is 1. The summed E-state index contributed by atoms with van der Waals surface area (Å²) in [6.45, 7) is 3.78. The largest absolute Gasteiger partial charge is 0.280 e. The molecule has 0 aliphatic rings. The van der Waals surface area contributed by atoms with E-state index in [1.807, 2.05) is 26.0 Å². The third-order valence-electron chi connectivity index (χ3n) is 4.15. The number of hydrogen-bond acceptors (Lipinski definition) is 6. The quantitative estimate of drug-likeness (QED) is 0.584. The first-order chi connectivity index (χ1) is 12.9. The molecular formula is C18H16N6O2S. The number of anilines is 1. The summed E-state index contributed by atoms with van der Waals surface area (Å²) in [7, 11) is -3.80. The van der Waals surface area contributed by atoms with Crippen molar-refractivity contribution in [2.75, 3.05) is 4.72 Å². The topological polar surface area (TPSA) is 103 Å². The van der Waals surface area contributed by atoms with Crippen LogP contribution in [-0.4, -0.2) is 33.6 Å². The second-order valence-electron chi connectivity index (χ2n) is 6.20. The molecule has 0 atom stereocenters. The molecule has 8 nitrogen and oxygen atoms in total. The van der Waals surface area contributed by atoms with Crippen LogP contribution in [-0.2, 0) is 10.0 Å². The van der Waals surface area contributed by atoms with Crippen molar-refractivity contribution in [3.63, 3.8) is 0 Å². The normalized spacial score (nSPS) is 11.6. The predicted molar refractivity (Wildman–Crippen MR) is 101 cm³/mol. The molecule has 0 aliphatic heterocycles. The van der Waals surface area contributed by atoms with Crippen molar-refractivity contribution in [3.8, 4) is 5.69 Å². The minimum absolute atomic E-state index is 0.141. The van der Waals surface area contributed by atoms with Crippen LogP contribution in [0.25, 0.3) is 16.6 Å². The molecule has 2 heterocycles. The molecule has 9 heteroatoms. The number of nitrogens with one attached hydrogen (secondary N) is 1. The number of hydrogen-bond donors (Lipinski definition) is 1. The van der Waals surface area contributed by atoms with Crippen molar-refractivity contribution in [3.05, 3.63) is 66.1 Å². The van der Waals surface area contributed by atoms with Crippen LogP contribution in [0.2, 0.25) is 0 Å². The molecule has 0 bridgehead atoms. The Labute approximate surface area is 155 Å². The summed E-state index contributed by atoms with van der Waals surface area (Å²) in [5.74, 6) is 0. The van der Waals surface area contributed by atoms with Gasteiger partial charge in [0.15, 0.2) is 0 Å². The average molecular weight is 380 g/mol. The van der Waals surface area contributed by atoms with Gasteiger partial charge in [0.2, 0.25) is 0 Å². The number of tetrazole rings is 1. The van der Waals surface area contributed by atoms with Gasteiger partial charge in [-0.1, -0.05) is 12.1 Å². The van der Waals surface area contributed by atoms with Crippen LogP contribution in [0.15, 0.2) is 59.9 Å². The van der Waals surface area contributed by atoms with Gasteiger partial charge in [-0.25, -0.2) is 13.1 Å². The first kappa shape index (κ1) is 17.1. The molecule has 27 heavy (non-hydrogen) atoms. The van der Waals surface area contributed by atoms with Crippen molar-refractivity contribution in [2.24, 2.45) is 0 Å². The fourth-order valence-corrected chi connectivity index (χ4v) is 4.15. The minimum Gasteiger partial charge on any atom is -0.280 e. The van der Waals surface area contributed by atoms with E-state index in [1.54, 1.807) is 36.5 Å². The highest BCUT2D eigenvalue weighted by Gasteiger charge is 2.19. The summed E-state index contributed by atoms with van der Waals surface area (Å²) in [4.78, 5) is 4.45. The number of rotatable bonds is 4. The van der Waals surface area contributed by atoms with Crippen LogP contribution in [0.4, 0.5) is 5.69 Å². The van der Waals surface area contributed by atoms with Gasteiger partial charge in [0.05, 0.1) is 11.2 Å². The molecule has 0 radical (unpaired) electrons. The van der Waals surface area contributed by atoms with E-state index in [4.69, 9.17) is 0 Å². The maximum Gasteiger partial charge on any atom is 0.264 e. The van der Waals surface area contributed by atoms with Crippen molar-refractivity contribution >= 4 is 26.6 Å². The third-order valence-corrected chi connectivity index (χ3v) is 5.56. The first-order valence-corrected chi connectivity index (χ1v) is 9.64. The van der Waals surface area contributed by atoms with Crippen LogP contribution in [0.3, 0.4) is 0 Å². The van der Waals surface area contributed by atoms with Crippen molar-refractivity contribution < 1.29 is 8.42 Å². The number of aromatic nitrogens is 5. The standard InChI is InChI=1S/C18H16N6O2S/c1-12-8-14-4-3-5-17(18(14)19-10-12)27(25,26)21-15-6-7-16(13(2)9-15)24-11-20-22-23-24/h3-11,21H,1-2H3. The molecule has 2 aromatic carbocycles. The Morgan fingerprint density at radius 3 is 2.67 bits per heavy atom. The van der Waals surface area contributed by atoms with Gasteiger partial charge in [0, 0.05) is 17.3 Å². The van der Waals surface area contributed by atoms with Gasteiger partial charge in [-0.15, -0.1) is 5.10 Å². The molecule has 0 amide bonds.